The molecule has 0 fully saturated rings. The summed E-state index contributed by atoms with van der Waals surface area (Å²) in [6.07, 6.45) is -0.899. The van der Waals surface area contributed by atoms with Gasteiger partial charge in [-0.05, 0) is 26.0 Å². The molecule has 0 amide bonds. The molecule has 8 heteroatoms. The van der Waals surface area contributed by atoms with Crippen LogP contribution in [0.15, 0.2) is 36.7 Å². The summed E-state index contributed by atoms with van der Waals surface area (Å²) in [7, 11) is 1.55. The SMILES string of the molecule is C=C1c2ccc(NCC)cc2OCCN1/C=C(\C)N(C)C(COC=O)C(F)F. The van der Waals surface area contributed by atoms with Crippen LogP contribution in [0.2, 0.25) is 0 Å². The predicted octanol–water partition coefficient (Wildman–Crippen LogP) is 3.38. The lowest BCUT2D eigenvalue weighted by Crippen LogP contribution is -2.40. The Morgan fingerprint density at radius 1 is 1.50 bits per heavy atom. The van der Waals surface area contributed by atoms with E-state index in [2.05, 4.69) is 16.6 Å². The van der Waals surface area contributed by atoms with Crippen molar-refractivity contribution in [2.24, 2.45) is 0 Å². The summed E-state index contributed by atoms with van der Waals surface area (Å²) in [5.74, 6) is 0.732. The Hall–Kier alpha value is -2.77. The van der Waals surface area contributed by atoms with Crippen molar-refractivity contribution in [1.82, 2.24) is 9.80 Å². The van der Waals surface area contributed by atoms with Gasteiger partial charge in [-0.3, -0.25) is 4.79 Å². The summed E-state index contributed by atoms with van der Waals surface area (Å²) in [5.41, 5.74) is 3.12. The molecule has 0 aromatic heterocycles. The van der Waals surface area contributed by atoms with Crippen LogP contribution < -0.4 is 10.1 Å². The molecule has 1 aromatic rings. The molecule has 0 spiro atoms. The van der Waals surface area contributed by atoms with Gasteiger partial charge in [0, 0.05) is 48.5 Å². The number of ether oxygens (including phenoxy) is 2. The van der Waals surface area contributed by atoms with E-state index >= 15 is 0 Å². The van der Waals surface area contributed by atoms with Crippen LogP contribution in [-0.4, -0.2) is 62.1 Å². The third-order valence-corrected chi connectivity index (χ3v) is 4.63. The largest absolute Gasteiger partial charge is 0.491 e. The minimum Gasteiger partial charge on any atom is -0.491 e. The zero-order valence-electron chi connectivity index (χ0n) is 16.5. The monoisotopic (exact) mass is 395 g/mol. The van der Waals surface area contributed by atoms with E-state index in [0.29, 0.717) is 18.8 Å². The Morgan fingerprint density at radius 2 is 2.25 bits per heavy atom. The number of rotatable bonds is 9. The number of carbonyl (C=O) groups excluding carboxylic acids is 1. The number of alkyl halides is 2. The zero-order valence-corrected chi connectivity index (χ0v) is 16.5. The number of allylic oxidation sites excluding steroid dienone is 1. The van der Waals surface area contributed by atoms with Crippen LogP contribution in [0.4, 0.5) is 14.5 Å². The van der Waals surface area contributed by atoms with E-state index in [-0.39, 0.29) is 13.1 Å². The van der Waals surface area contributed by atoms with Crippen LogP contribution in [0.1, 0.15) is 19.4 Å². The van der Waals surface area contributed by atoms with Crippen molar-refractivity contribution in [1.29, 1.82) is 0 Å². The highest BCUT2D eigenvalue weighted by molar-refractivity contribution is 5.71. The zero-order chi connectivity index (χ0) is 20.7. The third-order valence-electron chi connectivity index (χ3n) is 4.63. The first-order chi connectivity index (χ1) is 13.4. The van der Waals surface area contributed by atoms with E-state index in [1.165, 1.54) is 4.90 Å². The van der Waals surface area contributed by atoms with Gasteiger partial charge in [-0.15, -0.1) is 0 Å². The number of likely N-dealkylation sites (N-methyl/N-ethyl adjacent to an activating group) is 1. The van der Waals surface area contributed by atoms with Crippen molar-refractivity contribution >= 4 is 17.9 Å². The van der Waals surface area contributed by atoms with Crippen molar-refractivity contribution in [3.8, 4) is 5.75 Å². The lowest BCUT2D eigenvalue weighted by molar-refractivity contribution is -0.131. The Labute approximate surface area is 164 Å². The van der Waals surface area contributed by atoms with Crippen LogP contribution >= 0.6 is 0 Å². The molecule has 0 saturated carbocycles. The number of hydrogen-bond acceptors (Lipinski definition) is 6. The standard InChI is InChI=1S/C20H27F2N3O3/c1-5-23-16-6-7-17-15(3)25(8-9-28-19(17)10-16)11-14(2)24(4)18(20(21)22)12-27-13-26/h6-7,10-11,13,18,20,23H,3,5,8-9,12H2,1-2,4H3/b14-11+. The van der Waals surface area contributed by atoms with Gasteiger partial charge in [0.2, 0.25) is 0 Å². The van der Waals surface area contributed by atoms with Crippen molar-refractivity contribution in [2.75, 3.05) is 38.7 Å². The molecule has 28 heavy (non-hydrogen) atoms. The first-order valence-corrected chi connectivity index (χ1v) is 9.10. The first kappa shape index (κ1) is 21.5. The predicted molar refractivity (Wildman–Crippen MR) is 105 cm³/mol. The number of halogens is 2. The minimum atomic E-state index is -2.66. The maximum atomic E-state index is 13.3. The normalized spacial score (nSPS) is 15.4. The van der Waals surface area contributed by atoms with E-state index in [1.54, 1.807) is 20.2 Å². The molecule has 154 valence electrons. The number of nitrogens with one attached hydrogen (secondary N) is 1. The Bertz CT molecular complexity index is 725. The molecule has 1 atom stereocenters. The number of anilines is 1. The Kier molecular flexibility index (Phi) is 7.66. The van der Waals surface area contributed by atoms with Gasteiger partial charge in [-0.1, -0.05) is 6.58 Å². The summed E-state index contributed by atoms with van der Waals surface area (Å²) in [5, 5.41) is 3.24. The lowest BCUT2D eigenvalue weighted by atomic mass is 10.1. The van der Waals surface area contributed by atoms with Gasteiger partial charge < -0.3 is 24.6 Å². The molecule has 1 aliphatic rings. The van der Waals surface area contributed by atoms with Crippen LogP contribution in [0.3, 0.4) is 0 Å². The average Bonchev–Trinajstić information content (AvgIpc) is 2.81. The van der Waals surface area contributed by atoms with Crippen molar-refractivity contribution in [3.63, 3.8) is 0 Å². The van der Waals surface area contributed by atoms with Gasteiger partial charge in [-0.2, -0.15) is 0 Å². The fourth-order valence-electron chi connectivity index (χ4n) is 2.95. The second kappa shape index (κ2) is 9.96. The van der Waals surface area contributed by atoms with E-state index in [4.69, 9.17) is 4.74 Å². The Balaban J connectivity index is 2.21. The molecular formula is C20H27F2N3O3. The fraction of sp³-hybridized carbons (Fsp3) is 0.450. The summed E-state index contributed by atoms with van der Waals surface area (Å²) in [6.45, 7) is 9.46. The minimum absolute atomic E-state index is 0.175. The molecule has 0 radical (unpaired) electrons. The number of carbonyl (C=O) groups is 1. The topological polar surface area (TPSA) is 54.0 Å². The first-order valence-electron chi connectivity index (χ1n) is 9.10. The van der Waals surface area contributed by atoms with Gasteiger partial charge >= 0.3 is 0 Å². The van der Waals surface area contributed by atoms with Crippen molar-refractivity contribution in [3.05, 3.63) is 42.2 Å². The maximum Gasteiger partial charge on any atom is 0.293 e. The lowest BCUT2D eigenvalue weighted by Gasteiger charge is -2.31. The molecular weight excluding hydrogens is 368 g/mol. The van der Waals surface area contributed by atoms with Gasteiger partial charge in [0.15, 0.2) is 0 Å². The molecule has 1 N–H and O–H groups in total. The van der Waals surface area contributed by atoms with Gasteiger partial charge in [-0.25, -0.2) is 8.78 Å². The summed E-state index contributed by atoms with van der Waals surface area (Å²) >= 11 is 0. The van der Waals surface area contributed by atoms with Crippen molar-refractivity contribution < 1.29 is 23.0 Å². The van der Waals surface area contributed by atoms with Crippen LogP contribution in [0, 0.1) is 0 Å². The van der Waals surface area contributed by atoms with Crippen molar-refractivity contribution in [2.45, 2.75) is 26.3 Å². The fourth-order valence-corrected chi connectivity index (χ4v) is 2.95. The number of nitrogens with zero attached hydrogens (tertiary/aromatic N) is 2. The Morgan fingerprint density at radius 3 is 2.89 bits per heavy atom. The van der Waals surface area contributed by atoms with Gasteiger partial charge in [0.25, 0.3) is 12.9 Å². The number of benzene rings is 1. The van der Waals surface area contributed by atoms with Gasteiger partial charge in [0.05, 0.1) is 6.54 Å². The molecule has 0 saturated heterocycles. The van der Waals surface area contributed by atoms with E-state index in [9.17, 15) is 13.6 Å². The van der Waals surface area contributed by atoms with E-state index < -0.39 is 12.5 Å². The summed E-state index contributed by atoms with van der Waals surface area (Å²) in [4.78, 5) is 13.7. The van der Waals surface area contributed by atoms with E-state index in [0.717, 1.165) is 29.2 Å². The van der Waals surface area contributed by atoms with Crippen LogP contribution in [0.5, 0.6) is 5.75 Å². The summed E-state index contributed by atoms with van der Waals surface area (Å²) < 4.78 is 37.1. The molecule has 0 aliphatic carbocycles. The summed E-state index contributed by atoms with van der Waals surface area (Å²) in [6, 6.07) is 4.58. The molecule has 1 heterocycles. The molecule has 2 rings (SSSR count). The quantitative estimate of drug-likeness (QED) is 0.647. The second-order valence-electron chi connectivity index (χ2n) is 6.44. The van der Waals surface area contributed by atoms with Crippen LogP contribution in [0.25, 0.3) is 5.70 Å². The molecule has 1 aromatic carbocycles. The third kappa shape index (κ3) is 5.15. The number of hydrogen-bond donors (Lipinski definition) is 1. The number of fused-ring (bicyclic) bond motifs is 1. The molecule has 0 bridgehead atoms. The molecule has 1 aliphatic heterocycles. The van der Waals surface area contributed by atoms with Gasteiger partial charge in [0.1, 0.15) is 25.0 Å². The highest BCUT2D eigenvalue weighted by Crippen LogP contribution is 2.33. The van der Waals surface area contributed by atoms with E-state index in [1.807, 2.05) is 30.0 Å². The second-order valence-corrected chi connectivity index (χ2v) is 6.44. The average molecular weight is 395 g/mol. The van der Waals surface area contributed by atoms with Crippen LogP contribution in [-0.2, 0) is 9.53 Å². The molecule has 1 unspecified atom stereocenters. The molecule has 6 nitrogen and oxygen atoms in total. The smallest absolute Gasteiger partial charge is 0.293 e. The highest BCUT2D eigenvalue weighted by Gasteiger charge is 2.27. The maximum absolute atomic E-state index is 13.3. The highest BCUT2D eigenvalue weighted by atomic mass is 19.3.